The summed E-state index contributed by atoms with van der Waals surface area (Å²) in [6.07, 6.45) is 3.32. The number of anilines is 1. The lowest BCUT2D eigenvalue weighted by molar-refractivity contribution is 0.314. The summed E-state index contributed by atoms with van der Waals surface area (Å²) in [5, 5.41) is 13.1. The Labute approximate surface area is 108 Å². The van der Waals surface area contributed by atoms with Crippen LogP contribution in [-0.2, 0) is 0 Å². The quantitative estimate of drug-likeness (QED) is 0.422. The van der Waals surface area contributed by atoms with E-state index in [0.29, 0.717) is 17.0 Å². The normalized spacial score (nSPS) is 32.2. The highest BCUT2D eigenvalue weighted by Crippen LogP contribution is 2.48. The number of nitrogen functional groups attached to an aromatic ring is 1. The Morgan fingerprint density at radius 2 is 2.39 bits per heavy atom. The van der Waals surface area contributed by atoms with Crippen molar-refractivity contribution >= 4 is 23.3 Å². The van der Waals surface area contributed by atoms with Crippen LogP contribution < -0.4 is 11.3 Å². The first-order chi connectivity index (χ1) is 8.67. The van der Waals surface area contributed by atoms with Crippen molar-refractivity contribution in [2.24, 2.45) is 17.0 Å². The van der Waals surface area contributed by atoms with Gasteiger partial charge in [-0.25, -0.2) is 4.98 Å². The minimum atomic E-state index is -0.254. The molecule has 96 valence electrons. The SMILES string of the molecule is Nc1cc(=O)[nH]c(SC2/C(=N/O)C3CCC2C3)n1. The molecule has 0 spiro atoms. The number of hydrogen-bond donors (Lipinski definition) is 3. The van der Waals surface area contributed by atoms with Crippen molar-refractivity contribution in [2.75, 3.05) is 5.73 Å². The molecule has 18 heavy (non-hydrogen) atoms. The van der Waals surface area contributed by atoms with Gasteiger partial charge < -0.3 is 15.9 Å². The lowest BCUT2D eigenvalue weighted by Crippen LogP contribution is -2.25. The Morgan fingerprint density at radius 3 is 3.11 bits per heavy atom. The van der Waals surface area contributed by atoms with Crippen LogP contribution in [0.3, 0.4) is 0 Å². The van der Waals surface area contributed by atoms with E-state index in [1.807, 2.05) is 0 Å². The Morgan fingerprint density at radius 1 is 1.56 bits per heavy atom. The minimum Gasteiger partial charge on any atom is -0.411 e. The molecule has 6 nitrogen and oxygen atoms in total. The van der Waals surface area contributed by atoms with Crippen LogP contribution >= 0.6 is 11.8 Å². The zero-order chi connectivity index (χ0) is 12.7. The average Bonchev–Trinajstić information content (AvgIpc) is 2.88. The van der Waals surface area contributed by atoms with Crippen LogP contribution in [0.2, 0.25) is 0 Å². The van der Waals surface area contributed by atoms with Gasteiger partial charge in [-0.2, -0.15) is 0 Å². The van der Waals surface area contributed by atoms with Crippen molar-refractivity contribution in [3.63, 3.8) is 0 Å². The van der Waals surface area contributed by atoms with Gasteiger partial charge in [-0.3, -0.25) is 4.79 Å². The van der Waals surface area contributed by atoms with Crippen LogP contribution in [0.4, 0.5) is 5.82 Å². The second-order valence-electron chi connectivity index (χ2n) is 4.81. The lowest BCUT2D eigenvalue weighted by atomic mass is 9.98. The molecule has 2 fully saturated rings. The van der Waals surface area contributed by atoms with Crippen LogP contribution in [0.1, 0.15) is 19.3 Å². The molecule has 2 aliphatic carbocycles. The molecule has 3 atom stereocenters. The van der Waals surface area contributed by atoms with E-state index in [2.05, 4.69) is 15.1 Å². The fourth-order valence-corrected chi connectivity index (χ4v) is 4.32. The molecule has 2 bridgehead atoms. The van der Waals surface area contributed by atoms with Gasteiger partial charge in [0.15, 0.2) is 5.16 Å². The monoisotopic (exact) mass is 266 g/mol. The first kappa shape index (κ1) is 11.6. The number of rotatable bonds is 2. The Hall–Kier alpha value is -1.50. The number of nitrogens with one attached hydrogen (secondary N) is 1. The zero-order valence-corrected chi connectivity index (χ0v) is 10.5. The predicted octanol–water partition coefficient (Wildman–Crippen LogP) is 1.07. The zero-order valence-electron chi connectivity index (χ0n) is 9.67. The Bertz CT molecular complexity index is 556. The topological polar surface area (TPSA) is 104 Å². The number of nitrogens with zero attached hydrogens (tertiary/aromatic N) is 2. The van der Waals surface area contributed by atoms with Gasteiger partial charge in [0.25, 0.3) is 5.56 Å². The molecule has 3 unspecified atom stereocenters. The van der Waals surface area contributed by atoms with E-state index in [0.717, 1.165) is 25.0 Å². The summed E-state index contributed by atoms with van der Waals surface area (Å²) in [4.78, 5) is 18.1. The average molecular weight is 266 g/mol. The molecule has 2 saturated carbocycles. The van der Waals surface area contributed by atoms with Crippen molar-refractivity contribution in [3.05, 3.63) is 16.4 Å². The molecule has 7 heteroatoms. The number of aromatic nitrogens is 2. The van der Waals surface area contributed by atoms with Crippen molar-refractivity contribution < 1.29 is 5.21 Å². The smallest absolute Gasteiger partial charge is 0.253 e. The molecule has 4 N–H and O–H groups in total. The maximum Gasteiger partial charge on any atom is 0.253 e. The molecule has 0 saturated heterocycles. The van der Waals surface area contributed by atoms with E-state index in [9.17, 15) is 4.79 Å². The summed E-state index contributed by atoms with van der Waals surface area (Å²) in [5.74, 6) is 1.12. The first-order valence-electron chi connectivity index (χ1n) is 5.92. The van der Waals surface area contributed by atoms with Gasteiger partial charge in [0, 0.05) is 12.0 Å². The van der Waals surface area contributed by atoms with Gasteiger partial charge in [0.1, 0.15) is 5.82 Å². The van der Waals surface area contributed by atoms with Crippen LogP contribution in [0.25, 0.3) is 0 Å². The minimum absolute atomic E-state index is 0.110. The molecule has 0 amide bonds. The van der Waals surface area contributed by atoms with E-state index in [1.54, 1.807) is 0 Å². The molecular weight excluding hydrogens is 252 g/mol. The highest BCUT2D eigenvalue weighted by Gasteiger charge is 2.46. The molecule has 0 aromatic carbocycles. The van der Waals surface area contributed by atoms with E-state index in [-0.39, 0.29) is 16.6 Å². The molecule has 0 aliphatic heterocycles. The third-order valence-electron chi connectivity index (χ3n) is 3.70. The van der Waals surface area contributed by atoms with Gasteiger partial charge in [0.2, 0.25) is 0 Å². The van der Waals surface area contributed by atoms with Crippen molar-refractivity contribution in [1.29, 1.82) is 0 Å². The molecule has 0 radical (unpaired) electrons. The third-order valence-corrected chi connectivity index (χ3v) is 5.00. The van der Waals surface area contributed by atoms with Crippen molar-refractivity contribution in [2.45, 2.75) is 29.7 Å². The predicted molar refractivity (Wildman–Crippen MR) is 69.0 cm³/mol. The van der Waals surface area contributed by atoms with Crippen LogP contribution in [0.5, 0.6) is 0 Å². The Kier molecular flexibility index (Phi) is 2.77. The molecular formula is C11H14N4O2S. The summed E-state index contributed by atoms with van der Waals surface area (Å²) >= 11 is 1.44. The number of fused-ring (bicyclic) bond motifs is 2. The largest absolute Gasteiger partial charge is 0.411 e. The van der Waals surface area contributed by atoms with Gasteiger partial charge in [-0.15, -0.1) is 0 Å². The second-order valence-corrected chi connectivity index (χ2v) is 5.94. The van der Waals surface area contributed by atoms with E-state index >= 15 is 0 Å². The summed E-state index contributed by atoms with van der Waals surface area (Å²) in [7, 11) is 0. The fraction of sp³-hybridized carbons (Fsp3) is 0.545. The van der Waals surface area contributed by atoms with Gasteiger partial charge in [-0.05, 0) is 25.2 Å². The van der Waals surface area contributed by atoms with E-state index < -0.39 is 0 Å². The number of thioether (sulfide) groups is 1. The highest BCUT2D eigenvalue weighted by molar-refractivity contribution is 8.00. The number of aromatic amines is 1. The maximum absolute atomic E-state index is 11.3. The maximum atomic E-state index is 11.3. The molecule has 3 rings (SSSR count). The fourth-order valence-electron chi connectivity index (χ4n) is 2.96. The standard InChI is InChI=1S/C11H14N4O2S/c12-7-4-8(16)14-11(13-7)18-10-6-2-1-5(3-6)9(10)15-17/h4-6,10,17H,1-3H2,(H3,12,13,14,16)/b15-9+. The van der Waals surface area contributed by atoms with Gasteiger partial charge >= 0.3 is 0 Å². The van der Waals surface area contributed by atoms with Crippen molar-refractivity contribution in [1.82, 2.24) is 9.97 Å². The highest BCUT2D eigenvalue weighted by atomic mass is 32.2. The summed E-state index contributed by atoms with van der Waals surface area (Å²) in [6, 6.07) is 1.26. The van der Waals surface area contributed by atoms with Crippen LogP contribution in [-0.4, -0.2) is 26.1 Å². The number of H-pyrrole nitrogens is 1. The lowest BCUT2D eigenvalue weighted by Gasteiger charge is -2.21. The van der Waals surface area contributed by atoms with E-state index in [4.69, 9.17) is 10.9 Å². The molecule has 1 heterocycles. The summed E-state index contributed by atoms with van der Waals surface area (Å²) in [6.45, 7) is 0. The van der Waals surface area contributed by atoms with Gasteiger partial charge in [-0.1, -0.05) is 16.9 Å². The van der Waals surface area contributed by atoms with Crippen molar-refractivity contribution in [3.8, 4) is 0 Å². The van der Waals surface area contributed by atoms with E-state index in [1.165, 1.54) is 17.8 Å². The number of oxime groups is 1. The summed E-state index contributed by atoms with van der Waals surface area (Å²) < 4.78 is 0. The third kappa shape index (κ3) is 1.88. The van der Waals surface area contributed by atoms with Gasteiger partial charge in [0.05, 0.1) is 11.0 Å². The van der Waals surface area contributed by atoms with Crippen LogP contribution in [0, 0.1) is 11.8 Å². The summed E-state index contributed by atoms with van der Waals surface area (Å²) in [5.41, 5.74) is 6.13. The van der Waals surface area contributed by atoms with Crippen LogP contribution in [0.15, 0.2) is 21.2 Å². The first-order valence-corrected chi connectivity index (χ1v) is 6.80. The Balaban J connectivity index is 1.86. The molecule has 1 aromatic heterocycles. The number of hydrogen-bond acceptors (Lipinski definition) is 6. The number of nitrogens with two attached hydrogens (primary N) is 1. The molecule has 2 aliphatic rings. The second kappa shape index (κ2) is 4.31. The molecule has 1 aromatic rings.